The first-order valence-electron chi connectivity index (χ1n) is 10.9. The van der Waals surface area contributed by atoms with Gasteiger partial charge in [-0.1, -0.05) is 12.6 Å². The molecule has 0 aliphatic carbocycles. The van der Waals surface area contributed by atoms with Gasteiger partial charge in [0.25, 0.3) is 5.91 Å². The quantitative estimate of drug-likeness (QED) is 0.526. The number of amides is 2. The molecule has 3 N–H and O–H groups in total. The molecule has 0 spiro atoms. The van der Waals surface area contributed by atoms with E-state index in [0.717, 1.165) is 6.07 Å². The summed E-state index contributed by atoms with van der Waals surface area (Å²) in [5.74, 6) is -2.27. The SMILES string of the molecule is C=CC(=O)N1CC(N2CCNc3c2nn(-c2ccc(Oc4cccc(F)c4F)cc2)c3C(N)=O)C1. The summed E-state index contributed by atoms with van der Waals surface area (Å²) < 4.78 is 34.3. The first-order chi connectivity index (χ1) is 16.9. The Balaban J connectivity index is 1.43. The highest BCUT2D eigenvalue weighted by Gasteiger charge is 2.39. The number of fused-ring (bicyclic) bond motifs is 1. The molecule has 11 heteroatoms. The van der Waals surface area contributed by atoms with Gasteiger partial charge in [-0.2, -0.15) is 4.39 Å². The maximum absolute atomic E-state index is 13.9. The molecular weight excluding hydrogens is 458 g/mol. The molecule has 5 rings (SSSR count). The fraction of sp³-hybridized carbons (Fsp3) is 0.208. The molecule has 0 unspecified atom stereocenters. The van der Waals surface area contributed by atoms with E-state index in [1.807, 2.05) is 0 Å². The standard InChI is InChI=1S/C24H22F2N6O3/c1-2-19(33)30-12-15(13-30)31-11-10-28-21-22(23(27)34)32(29-24(21)31)14-6-8-16(9-7-14)35-18-5-3-4-17(25)20(18)26/h2-9,15,28H,1,10-13H2,(H2,27,34). The van der Waals surface area contributed by atoms with Gasteiger partial charge in [0.15, 0.2) is 23.1 Å². The molecule has 35 heavy (non-hydrogen) atoms. The Morgan fingerprint density at radius 3 is 2.60 bits per heavy atom. The highest BCUT2D eigenvalue weighted by molar-refractivity contribution is 6.00. The fourth-order valence-corrected chi connectivity index (χ4v) is 4.25. The van der Waals surface area contributed by atoms with Crippen LogP contribution < -0.4 is 20.7 Å². The van der Waals surface area contributed by atoms with E-state index in [1.54, 1.807) is 29.2 Å². The average molecular weight is 480 g/mol. The van der Waals surface area contributed by atoms with Gasteiger partial charge in [-0.25, -0.2) is 9.07 Å². The molecule has 1 saturated heterocycles. The molecule has 9 nitrogen and oxygen atoms in total. The molecule has 0 atom stereocenters. The Morgan fingerprint density at radius 1 is 1.17 bits per heavy atom. The molecule has 2 aliphatic rings. The largest absolute Gasteiger partial charge is 0.454 e. The summed E-state index contributed by atoms with van der Waals surface area (Å²) >= 11 is 0. The summed E-state index contributed by atoms with van der Waals surface area (Å²) in [6.45, 7) is 5.81. The number of ether oxygens (including phenoxy) is 1. The summed E-state index contributed by atoms with van der Waals surface area (Å²) in [6, 6.07) is 10.1. The maximum atomic E-state index is 13.9. The zero-order chi connectivity index (χ0) is 24.7. The number of rotatable bonds is 6. The molecule has 2 aliphatic heterocycles. The van der Waals surface area contributed by atoms with Gasteiger partial charge in [0.05, 0.1) is 11.7 Å². The van der Waals surface area contributed by atoms with Crippen LogP contribution in [0.25, 0.3) is 5.69 Å². The Labute approximate surface area is 199 Å². The van der Waals surface area contributed by atoms with Crippen LogP contribution in [0, 0.1) is 11.6 Å². The van der Waals surface area contributed by atoms with Crippen LogP contribution in [0.5, 0.6) is 11.5 Å². The van der Waals surface area contributed by atoms with Gasteiger partial charge in [-0.15, -0.1) is 5.10 Å². The first-order valence-corrected chi connectivity index (χ1v) is 10.9. The molecule has 3 heterocycles. The van der Waals surface area contributed by atoms with Crippen molar-refractivity contribution in [2.75, 3.05) is 36.4 Å². The van der Waals surface area contributed by atoms with Crippen molar-refractivity contribution in [3.63, 3.8) is 0 Å². The van der Waals surface area contributed by atoms with E-state index in [1.165, 1.54) is 22.9 Å². The number of nitrogens with two attached hydrogens (primary N) is 1. The third-order valence-electron chi connectivity index (χ3n) is 6.04. The van der Waals surface area contributed by atoms with Crippen molar-refractivity contribution in [1.29, 1.82) is 0 Å². The van der Waals surface area contributed by atoms with Crippen molar-refractivity contribution < 1.29 is 23.1 Å². The topological polar surface area (TPSA) is 106 Å². The smallest absolute Gasteiger partial charge is 0.269 e. The lowest BCUT2D eigenvalue weighted by Crippen LogP contribution is -2.62. The minimum Gasteiger partial charge on any atom is -0.454 e. The highest BCUT2D eigenvalue weighted by atomic mass is 19.2. The molecule has 2 amide bonds. The third-order valence-corrected chi connectivity index (χ3v) is 6.04. The van der Waals surface area contributed by atoms with Crippen LogP contribution in [0.15, 0.2) is 55.1 Å². The van der Waals surface area contributed by atoms with Gasteiger partial charge in [-0.05, 0) is 42.5 Å². The third kappa shape index (κ3) is 3.94. The monoisotopic (exact) mass is 480 g/mol. The highest BCUT2D eigenvalue weighted by Crippen LogP contribution is 2.36. The molecular formula is C24H22F2N6O3. The summed E-state index contributed by atoms with van der Waals surface area (Å²) in [4.78, 5) is 28.0. The summed E-state index contributed by atoms with van der Waals surface area (Å²) in [5.41, 5.74) is 6.95. The van der Waals surface area contributed by atoms with Crippen molar-refractivity contribution >= 4 is 23.3 Å². The fourth-order valence-electron chi connectivity index (χ4n) is 4.25. The van der Waals surface area contributed by atoms with Gasteiger partial charge in [-0.3, -0.25) is 9.59 Å². The number of carbonyl (C=O) groups is 2. The van der Waals surface area contributed by atoms with E-state index in [2.05, 4.69) is 21.9 Å². The van der Waals surface area contributed by atoms with E-state index in [4.69, 9.17) is 10.5 Å². The Hall–Kier alpha value is -4.41. The summed E-state index contributed by atoms with van der Waals surface area (Å²) in [7, 11) is 0. The lowest BCUT2D eigenvalue weighted by atomic mass is 10.1. The Bertz CT molecular complexity index is 1320. The number of anilines is 2. The number of halogens is 2. The maximum Gasteiger partial charge on any atom is 0.269 e. The summed E-state index contributed by atoms with van der Waals surface area (Å²) in [6.07, 6.45) is 1.29. The predicted octanol–water partition coefficient (Wildman–Crippen LogP) is 2.67. The van der Waals surface area contributed by atoms with E-state index in [-0.39, 0.29) is 29.1 Å². The van der Waals surface area contributed by atoms with E-state index >= 15 is 0 Å². The number of carbonyl (C=O) groups excluding carboxylic acids is 2. The second-order valence-corrected chi connectivity index (χ2v) is 8.19. The number of nitrogens with zero attached hydrogens (tertiary/aromatic N) is 4. The van der Waals surface area contributed by atoms with Gasteiger partial charge < -0.3 is 25.6 Å². The van der Waals surface area contributed by atoms with Crippen LogP contribution in [0.2, 0.25) is 0 Å². The van der Waals surface area contributed by atoms with Crippen molar-refractivity contribution in [3.8, 4) is 17.2 Å². The van der Waals surface area contributed by atoms with Crippen LogP contribution >= 0.6 is 0 Å². The second-order valence-electron chi connectivity index (χ2n) is 8.19. The van der Waals surface area contributed by atoms with Crippen molar-refractivity contribution in [2.45, 2.75) is 6.04 Å². The van der Waals surface area contributed by atoms with Gasteiger partial charge in [0, 0.05) is 26.2 Å². The number of hydrogen-bond donors (Lipinski definition) is 2. The van der Waals surface area contributed by atoms with Crippen LogP contribution in [0.3, 0.4) is 0 Å². The lowest BCUT2D eigenvalue weighted by Gasteiger charge is -2.46. The molecule has 3 aromatic rings. The Morgan fingerprint density at radius 2 is 1.91 bits per heavy atom. The zero-order valence-electron chi connectivity index (χ0n) is 18.6. The number of nitrogens with one attached hydrogen (secondary N) is 1. The van der Waals surface area contributed by atoms with Crippen molar-refractivity contribution in [1.82, 2.24) is 14.7 Å². The Kier molecular flexibility index (Phi) is 5.59. The molecule has 0 bridgehead atoms. The van der Waals surface area contributed by atoms with E-state index < -0.39 is 17.5 Å². The molecule has 2 aromatic carbocycles. The summed E-state index contributed by atoms with van der Waals surface area (Å²) in [5, 5.41) is 7.87. The van der Waals surface area contributed by atoms with Crippen LogP contribution in [0.1, 0.15) is 10.5 Å². The second kappa shape index (κ2) is 8.75. The number of primary amides is 1. The number of hydrogen-bond acceptors (Lipinski definition) is 6. The van der Waals surface area contributed by atoms with Gasteiger partial charge in [0.1, 0.15) is 11.4 Å². The minimum absolute atomic E-state index is 0.0563. The molecule has 1 aromatic heterocycles. The van der Waals surface area contributed by atoms with Crippen LogP contribution in [-0.4, -0.2) is 58.7 Å². The number of likely N-dealkylation sites (tertiary alicyclic amines) is 1. The normalized spacial score (nSPS) is 15.1. The van der Waals surface area contributed by atoms with E-state index in [0.29, 0.717) is 43.4 Å². The van der Waals surface area contributed by atoms with E-state index in [9.17, 15) is 18.4 Å². The first kappa shape index (κ1) is 22.4. The molecule has 0 saturated carbocycles. The number of aromatic nitrogens is 2. The predicted molar refractivity (Wildman–Crippen MR) is 125 cm³/mol. The minimum atomic E-state index is -1.08. The van der Waals surface area contributed by atoms with Crippen molar-refractivity contribution in [2.24, 2.45) is 5.73 Å². The van der Waals surface area contributed by atoms with Crippen molar-refractivity contribution in [3.05, 3.63) is 72.4 Å². The lowest BCUT2D eigenvalue weighted by molar-refractivity contribution is -0.130. The average Bonchev–Trinajstić information content (AvgIpc) is 3.22. The molecule has 180 valence electrons. The molecule has 1 fully saturated rings. The zero-order valence-corrected chi connectivity index (χ0v) is 18.6. The van der Waals surface area contributed by atoms with Crippen LogP contribution in [0.4, 0.5) is 20.3 Å². The molecule has 0 radical (unpaired) electrons. The number of benzene rings is 2. The van der Waals surface area contributed by atoms with Gasteiger partial charge >= 0.3 is 0 Å². The van der Waals surface area contributed by atoms with Crippen LogP contribution in [-0.2, 0) is 4.79 Å². The van der Waals surface area contributed by atoms with Gasteiger partial charge in [0.2, 0.25) is 11.7 Å².